The Morgan fingerprint density at radius 3 is 1.85 bits per heavy atom. The fourth-order valence-electron chi connectivity index (χ4n) is 4.81. The minimum atomic E-state index is -2.79. The van der Waals surface area contributed by atoms with Crippen molar-refractivity contribution >= 4 is 7.14 Å². The Morgan fingerprint density at radius 2 is 1.26 bits per heavy atom. The van der Waals surface area contributed by atoms with Crippen molar-refractivity contribution in [2.24, 2.45) is 0 Å². The molecular formula is C30H39O3P. The number of unbranched alkanes of at least 4 members (excludes halogenated alkanes) is 5. The van der Waals surface area contributed by atoms with Gasteiger partial charge in [0, 0.05) is 12.3 Å². The van der Waals surface area contributed by atoms with Crippen LogP contribution in [0.25, 0.3) is 0 Å². The third kappa shape index (κ3) is 6.76. The van der Waals surface area contributed by atoms with Crippen LogP contribution >= 0.6 is 7.14 Å². The van der Waals surface area contributed by atoms with E-state index in [4.69, 9.17) is 9.47 Å². The molecule has 0 bridgehead atoms. The van der Waals surface area contributed by atoms with Crippen molar-refractivity contribution in [1.29, 1.82) is 0 Å². The molecule has 3 rings (SSSR count). The molecule has 0 aliphatic rings. The van der Waals surface area contributed by atoms with Crippen molar-refractivity contribution in [3.63, 3.8) is 0 Å². The van der Waals surface area contributed by atoms with E-state index in [1.165, 1.54) is 25.7 Å². The Balaban J connectivity index is 2.08. The molecule has 3 aromatic rings. The van der Waals surface area contributed by atoms with Crippen molar-refractivity contribution in [1.82, 2.24) is 0 Å². The highest BCUT2D eigenvalue weighted by Crippen LogP contribution is 2.66. The summed E-state index contributed by atoms with van der Waals surface area (Å²) in [5, 5.41) is 0. The van der Waals surface area contributed by atoms with E-state index in [0.717, 1.165) is 41.0 Å². The standard InChI is InChI=1S/C30H39O3P/c1-4-5-6-7-8-15-23-34(31,24-25-17-11-9-12-18-25)30(26-19-13-10-14-20-26)29-27(32-2)21-16-22-28(29)33-3/h9-14,16-22,30H,4-8,15,23-24H2,1-3H3. The summed E-state index contributed by atoms with van der Waals surface area (Å²) in [7, 11) is 0.563. The summed E-state index contributed by atoms with van der Waals surface area (Å²) < 4.78 is 26.8. The van der Waals surface area contributed by atoms with E-state index < -0.39 is 7.14 Å². The Labute approximate surface area is 205 Å². The van der Waals surface area contributed by atoms with Crippen molar-refractivity contribution in [2.45, 2.75) is 57.3 Å². The molecular weight excluding hydrogens is 439 g/mol. The summed E-state index contributed by atoms with van der Waals surface area (Å²) in [6, 6.07) is 26.3. The van der Waals surface area contributed by atoms with Crippen LogP contribution in [-0.4, -0.2) is 20.4 Å². The average Bonchev–Trinajstić information content (AvgIpc) is 2.87. The van der Waals surface area contributed by atoms with Gasteiger partial charge in [0.25, 0.3) is 0 Å². The van der Waals surface area contributed by atoms with Crippen LogP contribution in [0.2, 0.25) is 0 Å². The molecule has 0 spiro atoms. The number of benzene rings is 3. The molecule has 3 nitrogen and oxygen atoms in total. The first-order chi connectivity index (χ1) is 16.6. The smallest absolute Gasteiger partial charge is 0.126 e. The Morgan fingerprint density at radius 1 is 0.706 bits per heavy atom. The number of ether oxygens (including phenoxy) is 2. The van der Waals surface area contributed by atoms with Crippen LogP contribution in [0.5, 0.6) is 11.5 Å². The number of rotatable bonds is 14. The third-order valence-corrected chi connectivity index (χ3v) is 9.98. The van der Waals surface area contributed by atoms with Crippen molar-refractivity contribution < 1.29 is 14.0 Å². The zero-order valence-electron chi connectivity index (χ0n) is 20.9. The van der Waals surface area contributed by atoms with Gasteiger partial charge in [-0.1, -0.05) is 106 Å². The summed E-state index contributed by atoms with van der Waals surface area (Å²) in [5.41, 5.74) is 2.77. The van der Waals surface area contributed by atoms with E-state index in [9.17, 15) is 0 Å². The predicted molar refractivity (Wildman–Crippen MR) is 144 cm³/mol. The van der Waals surface area contributed by atoms with Crippen LogP contribution in [0.4, 0.5) is 0 Å². The molecule has 34 heavy (non-hydrogen) atoms. The molecule has 0 aliphatic heterocycles. The summed E-state index contributed by atoms with van der Waals surface area (Å²) >= 11 is 0. The molecule has 0 fully saturated rings. The van der Waals surface area contributed by atoms with Gasteiger partial charge in [-0.3, -0.25) is 0 Å². The minimum Gasteiger partial charge on any atom is -0.496 e. The van der Waals surface area contributed by atoms with Gasteiger partial charge in [0.15, 0.2) is 0 Å². The van der Waals surface area contributed by atoms with Gasteiger partial charge < -0.3 is 14.0 Å². The third-order valence-electron chi connectivity index (χ3n) is 6.51. The van der Waals surface area contributed by atoms with Crippen LogP contribution in [0, 0.1) is 0 Å². The van der Waals surface area contributed by atoms with Gasteiger partial charge in [-0.05, 0) is 29.7 Å². The lowest BCUT2D eigenvalue weighted by Gasteiger charge is -2.31. The fraction of sp³-hybridized carbons (Fsp3) is 0.400. The molecule has 4 heteroatoms. The van der Waals surface area contributed by atoms with Crippen molar-refractivity contribution in [3.8, 4) is 11.5 Å². The number of methoxy groups -OCH3 is 2. The first kappa shape index (κ1) is 26.1. The van der Waals surface area contributed by atoms with Gasteiger partial charge in [0.2, 0.25) is 0 Å². The van der Waals surface area contributed by atoms with Gasteiger partial charge in [0.05, 0.1) is 25.4 Å². The van der Waals surface area contributed by atoms with E-state index >= 15 is 4.57 Å². The van der Waals surface area contributed by atoms with E-state index in [0.29, 0.717) is 12.3 Å². The number of hydrogen-bond acceptors (Lipinski definition) is 3. The molecule has 0 aliphatic carbocycles. The first-order valence-electron chi connectivity index (χ1n) is 12.5. The molecule has 3 aromatic carbocycles. The van der Waals surface area contributed by atoms with Crippen LogP contribution < -0.4 is 9.47 Å². The molecule has 2 atom stereocenters. The van der Waals surface area contributed by atoms with Gasteiger partial charge in [-0.25, -0.2) is 0 Å². The Hall–Kier alpha value is -2.51. The lowest BCUT2D eigenvalue weighted by molar-refractivity contribution is 0.385. The molecule has 182 valence electrons. The maximum Gasteiger partial charge on any atom is 0.126 e. The van der Waals surface area contributed by atoms with Crippen LogP contribution in [0.15, 0.2) is 78.9 Å². The van der Waals surface area contributed by atoms with E-state index in [-0.39, 0.29) is 5.66 Å². The topological polar surface area (TPSA) is 35.5 Å². The molecule has 0 amide bonds. The highest BCUT2D eigenvalue weighted by Gasteiger charge is 2.38. The number of hydrogen-bond donors (Lipinski definition) is 0. The zero-order chi connectivity index (χ0) is 24.2. The van der Waals surface area contributed by atoms with Crippen LogP contribution in [0.3, 0.4) is 0 Å². The highest BCUT2D eigenvalue weighted by atomic mass is 31.2. The lowest BCUT2D eigenvalue weighted by atomic mass is 10.0. The van der Waals surface area contributed by atoms with Crippen LogP contribution in [0.1, 0.15) is 67.8 Å². The molecule has 2 unspecified atom stereocenters. The second-order valence-corrected chi connectivity index (χ2v) is 12.2. The largest absolute Gasteiger partial charge is 0.496 e. The highest BCUT2D eigenvalue weighted by molar-refractivity contribution is 7.63. The molecule has 0 aromatic heterocycles. The fourth-order valence-corrected chi connectivity index (χ4v) is 8.44. The first-order valence-corrected chi connectivity index (χ1v) is 14.6. The summed E-state index contributed by atoms with van der Waals surface area (Å²) in [6.45, 7) is 2.24. The quantitative estimate of drug-likeness (QED) is 0.172. The van der Waals surface area contributed by atoms with Gasteiger partial charge in [-0.15, -0.1) is 0 Å². The Bertz CT molecular complexity index is 1010. The van der Waals surface area contributed by atoms with E-state index in [2.05, 4.69) is 31.2 Å². The SMILES string of the molecule is CCCCCCCCP(=O)(Cc1ccccc1)C(c1ccccc1)c1c(OC)cccc1OC. The molecule has 0 heterocycles. The zero-order valence-corrected chi connectivity index (χ0v) is 21.8. The van der Waals surface area contributed by atoms with Crippen molar-refractivity contribution in [2.75, 3.05) is 20.4 Å². The molecule has 0 radical (unpaired) electrons. The van der Waals surface area contributed by atoms with E-state index in [1.807, 2.05) is 54.6 Å². The minimum absolute atomic E-state index is 0.296. The second-order valence-electron chi connectivity index (χ2n) is 8.98. The van der Waals surface area contributed by atoms with Gasteiger partial charge in [-0.2, -0.15) is 0 Å². The summed E-state index contributed by atoms with van der Waals surface area (Å²) in [5.74, 6) is 1.45. The van der Waals surface area contributed by atoms with Crippen LogP contribution in [-0.2, 0) is 10.7 Å². The molecule has 0 N–H and O–H groups in total. The summed E-state index contributed by atoms with van der Waals surface area (Å²) in [6.07, 6.45) is 8.30. The summed E-state index contributed by atoms with van der Waals surface area (Å²) in [4.78, 5) is 0. The van der Waals surface area contributed by atoms with Crippen molar-refractivity contribution in [3.05, 3.63) is 95.6 Å². The normalized spacial score (nSPS) is 13.7. The van der Waals surface area contributed by atoms with Gasteiger partial charge in [0.1, 0.15) is 18.6 Å². The Kier molecular flexibility index (Phi) is 10.3. The van der Waals surface area contributed by atoms with E-state index in [1.54, 1.807) is 14.2 Å². The van der Waals surface area contributed by atoms with Gasteiger partial charge >= 0.3 is 0 Å². The maximum atomic E-state index is 15.2. The predicted octanol–water partition coefficient (Wildman–Crippen LogP) is 8.72. The molecule has 0 saturated heterocycles. The molecule has 0 saturated carbocycles. The monoisotopic (exact) mass is 478 g/mol. The lowest BCUT2D eigenvalue weighted by Crippen LogP contribution is -2.11. The second kappa shape index (κ2) is 13.4. The average molecular weight is 479 g/mol. The maximum absolute atomic E-state index is 15.2.